The van der Waals surface area contributed by atoms with Gasteiger partial charge in [0.1, 0.15) is 5.75 Å². The highest BCUT2D eigenvalue weighted by atomic mass is 35.5. The Bertz CT molecular complexity index is 1830. The third-order valence-electron chi connectivity index (χ3n) is 9.69. The summed E-state index contributed by atoms with van der Waals surface area (Å²) in [6.07, 6.45) is 1.96. The van der Waals surface area contributed by atoms with Gasteiger partial charge in [0.05, 0.1) is 28.9 Å². The zero-order chi connectivity index (χ0) is 31.1. The zero-order valence-electron chi connectivity index (χ0n) is 23.0. The number of imide groups is 4. The number of rotatable bonds is 3. The number of nitrogens with zero attached hydrogens (tertiary/aromatic N) is 2. The van der Waals surface area contributed by atoms with Crippen LogP contribution in [-0.4, -0.2) is 39.7 Å². The summed E-state index contributed by atoms with van der Waals surface area (Å²) in [7, 11) is 0. The second-order valence-corrected chi connectivity index (χ2v) is 12.5. The Balaban J connectivity index is 1.52. The Hall–Kier alpha value is -4.47. The first-order valence-corrected chi connectivity index (χ1v) is 14.9. The molecule has 44 heavy (non-hydrogen) atoms. The van der Waals surface area contributed by atoms with E-state index in [1.807, 2.05) is 6.08 Å². The van der Waals surface area contributed by atoms with Crippen molar-refractivity contribution in [3.05, 3.63) is 106 Å². The van der Waals surface area contributed by atoms with E-state index in [1.165, 1.54) is 18.2 Å². The van der Waals surface area contributed by atoms with Gasteiger partial charge < -0.3 is 10.8 Å². The van der Waals surface area contributed by atoms with E-state index in [0.29, 0.717) is 31.6 Å². The van der Waals surface area contributed by atoms with Gasteiger partial charge in [-0.2, -0.15) is 4.90 Å². The SMILES string of the molecule is NC(=O)N1C(=O)C2CC=C3C(CC4C(=O)N(c5cccc(Cl)c5)C(=O)C4(c4ccccc4)C3c3cc(Cl)ccc3O)C2C1=O. The number of benzene rings is 3. The van der Waals surface area contributed by atoms with Gasteiger partial charge in [-0.1, -0.05) is 71.2 Å². The van der Waals surface area contributed by atoms with Gasteiger partial charge in [-0.25, -0.2) is 9.69 Å². The van der Waals surface area contributed by atoms with E-state index in [2.05, 4.69) is 0 Å². The molecule has 2 saturated heterocycles. The molecular formula is C33H25Cl2N3O6. The Kier molecular flexibility index (Phi) is 6.46. The van der Waals surface area contributed by atoms with Crippen molar-refractivity contribution in [2.45, 2.75) is 24.2 Å². The zero-order valence-corrected chi connectivity index (χ0v) is 24.5. The highest BCUT2D eigenvalue weighted by molar-refractivity contribution is 6.32. The second kappa shape index (κ2) is 10.0. The van der Waals surface area contributed by atoms with Gasteiger partial charge in [0.25, 0.3) is 0 Å². The average molecular weight is 630 g/mol. The molecule has 0 aromatic heterocycles. The molecule has 2 aliphatic heterocycles. The van der Waals surface area contributed by atoms with Crippen LogP contribution in [0.3, 0.4) is 0 Å². The van der Waals surface area contributed by atoms with Gasteiger partial charge in [0.15, 0.2) is 0 Å². The fourth-order valence-corrected chi connectivity index (χ4v) is 8.43. The van der Waals surface area contributed by atoms with Crippen molar-refractivity contribution >= 4 is 58.5 Å². The largest absolute Gasteiger partial charge is 0.508 e. The molecule has 3 aromatic carbocycles. The summed E-state index contributed by atoms with van der Waals surface area (Å²) in [5.41, 5.74) is 5.63. The lowest BCUT2D eigenvalue weighted by atomic mass is 9.49. The van der Waals surface area contributed by atoms with Crippen LogP contribution in [0.2, 0.25) is 10.0 Å². The van der Waals surface area contributed by atoms with Gasteiger partial charge >= 0.3 is 6.03 Å². The lowest BCUT2D eigenvalue weighted by Crippen LogP contribution is -2.53. The number of likely N-dealkylation sites (tertiary alicyclic amines) is 1. The molecule has 1 saturated carbocycles. The average Bonchev–Trinajstić information content (AvgIpc) is 3.39. The molecule has 7 rings (SSSR count). The van der Waals surface area contributed by atoms with Crippen molar-refractivity contribution in [2.75, 3.05) is 4.90 Å². The van der Waals surface area contributed by atoms with Crippen LogP contribution >= 0.6 is 23.2 Å². The molecule has 0 spiro atoms. The summed E-state index contributed by atoms with van der Waals surface area (Å²) in [5, 5.41) is 11.9. The van der Waals surface area contributed by atoms with E-state index in [9.17, 15) is 24.3 Å². The van der Waals surface area contributed by atoms with Crippen molar-refractivity contribution in [1.82, 2.24) is 4.90 Å². The van der Waals surface area contributed by atoms with Gasteiger partial charge in [-0.3, -0.25) is 19.2 Å². The standard InChI is InChI=1S/C33H25Cl2N3O6/c34-17-7-4-8-19(13-17)37-29(41)24-15-22-20(10-11-21-26(22)30(42)38(28(21)40)32(36)44)27(23-14-18(35)9-12-25(23)39)33(24,31(37)43)16-5-2-1-3-6-16/h1-10,12-14,21-22,24,26-27,39H,11,15H2,(H2,36,44). The number of anilines is 1. The molecule has 6 atom stereocenters. The maximum atomic E-state index is 15.1. The third-order valence-corrected chi connectivity index (χ3v) is 10.2. The smallest absolute Gasteiger partial charge is 0.328 e. The Morgan fingerprint density at radius 1 is 0.864 bits per heavy atom. The minimum Gasteiger partial charge on any atom is -0.508 e. The summed E-state index contributed by atoms with van der Waals surface area (Å²) >= 11 is 12.8. The summed E-state index contributed by atoms with van der Waals surface area (Å²) < 4.78 is 0. The molecule has 222 valence electrons. The maximum Gasteiger partial charge on any atom is 0.328 e. The first kappa shape index (κ1) is 28.3. The van der Waals surface area contributed by atoms with Crippen molar-refractivity contribution in [1.29, 1.82) is 0 Å². The van der Waals surface area contributed by atoms with Crippen LogP contribution in [0, 0.1) is 23.7 Å². The number of primary amides is 1. The lowest BCUT2D eigenvalue weighted by molar-refractivity contribution is -0.136. The molecule has 2 heterocycles. The predicted molar refractivity (Wildman–Crippen MR) is 161 cm³/mol. The summed E-state index contributed by atoms with van der Waals surface area (Å²) in [6, 6.07) is 18.7. The number of urea groups is 1. The number of halogens is 2. The fourth-order valence-electron chi connectivity index (χ4n) is 8.06. The van der Waals surface area contributed by atoms with Crippen LogP contribution in [0.1, 0.15) is 29.9 Å². The molecule has 6 amide bonds. The van der Waals surface area contributed by atoms with Gasteiger partial charge in [-0.05, 0) is 60.7 Å². The number of phenolic OH excluding ortho intramolecular Hbond substituents is 1. The van der Waals surface area contributed by atoms with E-state index in [1.54, 1.807) is 54.6 Å². The van der Waals surface area contributed by atoms with E-state index >= 15 is 4.79 Å². The van der Waals surface area contributed by atoms with E-state index < -0.39 is 64.7 Å². The fraction of sp³-hybridized carbons (Fsp3) is 0.242. The van der Waals surface area contributed by atoms with Crippen LogP contribution in [0.25, 0.3) is 0 Å². The molecule has 4 aliphatic rings. The molecule has 0 bridgehead atoms. The Morgan fingerprint density at radius 2 is 1.59 bits per heavy atom. The van der Waals surface area contributed by atoms with Crippen molar-refractivity contribution in [3.8, 4) is 5.75 Å². The summed E-state index contributed by atoms with van der Waals surface area (Å²) in [5.74, 6) is -7.09. The number of hydrogen-bond donors (Lipinski definition) is 2. The number of carbonyl (C=O) groups is 5. The molecule has 2 aliphatic carbocycles. The van der Waals surface area contributed by atoms with E-state index in [-0.39, 0.29) is 24.3 Å². The van der Waals surface area contributed by atoms with Crippen LogP contribution in [-0.2, 0) is 24.6 Å². The van der Waals surface area contributed by atoms with Gasteiger partial charge in [-0.15, -0.1) is 0 Å². The van der Waals surface area contributed by atoms with Crippen LogP contribution in [0.15, 0.2) is 84.4 Å². The van der Waals surface area contributed by atoms with Crippen molar-refractivity contribution < 1.29 is 29.1 Å². The highest BCUT2D eigenvalue weighted by Crippen LogP contribution is 2.65. The first-order chi connectivity index (χ1) is 21.1. The van der Waals surface area contributed by atoms with Crippen LogP contribution < -0.4 is 10.6 Å². The number of fused-ring (bicyclic) bond motifs is 4. The number of hydrogen-bond acceptors (Lipinski definition) is 6. The van der Waals surface area contributed by atoms with Gasteiger partial charge in [0.2, 0.25) is 23.6 Å². The molecule has 3 fully saturated rings. The number of carbonyl (C=O) groups excluding carboxylic acids is 5. The first-order valence-electron chi connectivity index (χ1n) is 14.1. The third kappa shape index (κ3) is 3.75. The molecule has 9 nitrogen and oxygen atoms in total. The molecular weight excluding hydrogens is 605 g/mol. The monoisotopic (exact) mass is 629 g/mol. The second-order valence-electron chi connectivity index (χ2n) is 11.6. The minimum atomic E-state index is -1.56. The number of amides is 6. The number of phenols is 1. The normalized spacial score (nSPS) is 29.3. The number of nitrogens with two attached hydrogens (primary N) is 1. The molecule has 11 heteroatoms. The predicted octanol–water partition coefficient (Wildman–Crippen LogP) is 4.94. The van der Waals surface area contributed by atoms with E-state index in [4.69, 9.17) is 28.9 Å². The van der Waals surface area contributed by atoms with Crippen LogP contribution in [0.4, 0.5) is 10.5 Å². The molecule has 3 aromatic rings. The Morgan fingerprint density at radius 3 is 2.30 bits per heavy atom. The van der Waals surface area contributed by atoms with Crippen molar-refractivity contribution in [3.63, 3.8) is 0 Å². The summed E-state index contributed by atoms with van der Waals surface area (Å²) in [6.45, 7) is 0. The molecule has 3 N–H and O–H groups in total. The summed E-state index contributed by atoms with van der Waals surface area (Å²) in [4.78, 5) is 70.2. The quantitative estimate of drug-likeness (QED) is 0.311. The molecule has 0 radical (unpaired) electrons. The minimum absolute atomic E-state index is 0.0347. The Labute approximate surface area is 261 Å². The highest BCUT2D eigenvalue weighted by Gasteiger charge is 2.70. The maximum absolute atomic E-state index is 15.1. The molecule has 6 unspecified atom stereocenters. The van der Waals surface area contributed by atoms with Gasteiger partial charge in [0, 0.05) is 21.5 Å². The lowest BCUT2D eigenvalue weighted by Gasteiger charge is -2.50. The van der Waals surface area contributed by atoms with E-state index in [0.717, 1.165) is 4.90 Å². The number of aromatic hydroxyl groups is 1. The topological polar surface area (TPSA) is 138 Å². The number of allylic oxidation sites excluding steroid dienone is 2. The van der Waals surface area contributed by atoms with Crippen LogP contribution in [0.5, 0.6) is 5.75 Å². The van der Waals surface area contributed by atoms with Crippen molar-refractivity contribution in [2.24, 2.45) is 29.4 Å².